The standard InChI is InChI=1S/C16H21FN2O2.ClH/c17-13-3-1-2-4-14(13)21-10-9-19-15(20)12-11-16(12)5-7-18-8-6-16;/h1-4,12,18H,5-11H2,(H,19,20);1H. The quantitative estimate of drug-likeness (QED) is 0.814. The van der Waals surface area contributed by atoms with Crippen molar-refractivity contribution in [2.24, 2.45) is 11.3 Å². The predicted octanol–water partition coefficient (Wildman–Crippen LogP) is 2.13. The van der Waals surface area contributed by atoms with E-state index < -0.39 is 0 Å². The minimum Gasteiger partial charge on any atom is -0.489 e. The summed E-state index contributed by atoms with van der Waals surface area (Å²) >= 11 is 0. The van der Waals surface area contributed by atoms with E-state index in [1.165, 1.54) is 6.07 Å². The third-order valence-corrected chi connectivity index (χ3v) is 4.60. The largest absolute Gasteiger partial charge is 0.489 e. The summed E-state index contributed by atoms with van der Waals surface area (Å²) in [5.74, 6) is 0.134. The Kier molecular flexibility index (Phi) is 5.64. The van der Waals surface area contributed by atoms with E-state index in [0.717, 1.165) is 32.4 Å². The fourth-order valence-electron chi connectivity index (χ4n) is 3.22. The van der Waals surface area contributed by atoms with Gasteiger partial charge in [-0.1, -0.05) is 12.1 Å². The summed E-state index contributed by atoms with van der Waals surface area (Å²) in [4.78, 5) is 12.1. The van der Waals surface area contributed by atoms with E-state index in [0.29, 0.717) is 6.54 Å². The first-order valence-electron chi connectivity index (χ1n) is 7.57. The molecule has 0 radical (unpaired) electrons. The third-order valence-electron chi connectivity index (χ3n) is 4.60. The number of benzene rings is 1. The molecule has 1 aliphatic carbocycles. The first-order chi connectivity index (χ1) is 10.2. The minimum atomic E-state index is -0.375. The highest BCUT2D eigenvalue weighted by atomic mass is 35.5. The van der Waals surface area contributed by atoms with Crippen LogP contribution in [0.3, 0.4) is 0 Å². The molecule has 1 amide bonds. The Balaban J connectivity index is 0.00000176. The second-order valence-electron chi connectivity index (χ2n) is 5.94. The zero-order valence-electron chi connectivity index (χ0n) is 12.4. The van der Waals surface area contributed by atoms with Crippen LogP contribution in [0.25, 0.3) is 0 Å². The molecule has 3 rings (SSSR count). The Morgan fingerprint density at radius 1 is 1.36 bits per heavy atom. The van der Waals surface area contributed by atoms with Crippen LogP contribution in [0.1, 0.15) is 19.3 Å². The van der Waals surface area contributed by atoms with Crippen LogP contribution in [0, 0.1) is 17.2 Å². The van der Waals surface area contributed by atoms with Gasteiger partial charge in [0.05, 0.1) is 6.54 Å². The molecule has 0 bridgehead atoms. The molecule has 1 aliphatic heterocycles. The third kappa shape index (κ3) is 3.70. The molecular weight excluding hydrogens is 307 g/mol. The molecule has 0 aromatic heterocycles. The number of piperidine rings is 1. The molecule has 2 aliphatic rings. The Hall–Kier alpha value is -1.33. The zero-order chi connectivity index (χ0) is 14.7. The maximum atomic E-state index is 13.3. The molecule has 1 spiro atoms. The maximum Gasteiger partial charge on any atom is 0.223 e. The number of rotatable bonds is 5. The van der Waals surface area contributed by atoms with E-state index in [2.05, 4.69) is 10.6 Å². The highest BCUT2D eigenvalue weighted by molar-refractivity contribution is 5.85. The van der Waals surface area contributed by atoms with Crippen molar-refractivity contribution < 1.29 is 13.9 Å². The summed E-state index contributed by atoms with van der Waals surface area (Å²) < 4.78 is 18.7. The predicted molar refractivity (Wildman–Crippen MR) is 84.8 cm³/mol. The topological polar surface area (TPSA) is 50.4 Å². The monoisotopic (exact) mass is 328 g/mol. The van der Waals surface area contributed by atoms with Crippen molar-refractivity contribution >= 4 is 18.3 Å². The van der Waals surface area contributed by atoms with Crippen LogP contribution in [0.15, 0.2) is 24.3 Å². The van der Waals surface area contributed by atoms with E-state index in [-0.39, 0.29) is 47.8 Å². The van der Waals surface area contributed by atoms with Gasteiger partial charge in [-0.15, -0.1) is 12.4 Å². The number of nitrogens with one attached hydrogen (secondary N) is 2. The molecule has 122 valence electrons. The summed E-state index contributed by atoms with van der Waals surface area (Å²) in [5, 5.41) is 6.23. The number of amides is 1. The summed E-state index contributed by atoms with van der Waals surface area (Å²) in [6.07, 6.45) is 3.20. The first-order valence-corrected chi connectivity index (χ1v) is 7.57. The van der Waals surface area contributed by atoms with Crippen LogP contribution in [0.5, 0.6) is 5.75 Å². The summed E-state index contributed by atoms with van der Waals surface area (Å²) in [6, 6.07) is 6.29. The zero-order valence-corrected chi connectivity index (χ0v) is 13.3. The van der Waals surface area contributed by atoms with Crippen molar-refractivity contribution in [1.29, 1.82) is 0 Å². The van der Waals surface area contributed by atoms with Gasteiger partial charge in [0.25, 0.3) is 0 Å². The maximum absolute atomic E-state index is 13.3. The molecule has 1 aromatic carbocycles. The number of ether oxygens (including phenoxy) is 1. The molecule has 1 aromatic rings. The minimum absolute atomic E-state index is 0. The molecular formula is C16H22ClFN2O2. The van der Waals surface area contributed by atoms with Gasteiger partial charge in [-0.3, -0.25) is 4.79 Å². The lowest BCUT2D eigenvalue weighted by Crippen LogP contribution is -2.35. The van der Waals surface area contributed by atoms with Crippen LogP contribution < -0.4 is 15.4 Å². The van der Waals surface area contributed by atoms with E-state index >= 15 is 0 Å². The van der Waals surface area contributed by atoms with Crippen molar-refractivity contribution in [3.05, 3.63) is 30.1 Å². The number of para-hydroxylation sites is 1. The van der Waals surface area contributed by atoms with Gasteiger partial charge >= 0.3 is 0 Å². The van der Waals surface area contributed by atoms with Crippen molar-refractivity contribution in [3.8, 4) is 5.75 Å². The fraction of sp³-hybridized carbons (Fsp3) is 0.562. The van der Waals surface area contributed by atoms with Crippen LogP contribution in [-0.2, 0) is 4.79 Å². The van der Waals surface area contributed by atoms with E-state index in [4.69, 9.17) is 4.74 Å². The molecule has 4 nitrogen and oxygen atoms in total. The lowest BCUT2D eigenvalue weighted by Gasteiger charge is -2.23. The van der Waals surface area contributed by atoms with Gasteiger partial charge < -0.3 is 15.4 Å². The van der Waals surface area contributed by atoms with Gasteiger partial charge in [0.1, 0.15) is 6.61 Å². The average Bonchev–Trinajstić information content (AvgIpc) is 3.19. The van der Waals surface area contributed by atoms with Gasteiger partial charge in [-0.25, -0.2) is 4.39 Å². The SMILES string of the molecule is Cl.O=C(NCCOc1ccccc1F)C1CC12CCNCC2. The summed E-state index contributed by atoms with van der Waals surface area (Å²) in [5.41, 5.74) is 0.252. The Morgan fingerprint density at radius 3 is 2.82 bits per heavy atom. The van der Waals surface area contributed by atoms with Crippen LogP contribution >= 0.6 is 12.4 Å². The fourth-order valence-corrected chi connectivity index (χ4v) is 3.22. The number of carbonyl (C=O) groups excluding carboxylic acids is 1. The normalized spacial score (nSPS) is 21.8. The lowest BCUT2D eigenvalue weighted by molar-refractivity contribution is -0.123. The van der Waals surface area contributed by atoms with Gasteiger partial charge in [-0.05, 0) is 49.9 Å². The van der Waals surface area contributed by atoms with E-state index in [1.54, 1.807) is 18.2 Å². The molecule has 1 saturated heterocycles. The van der Waals surface area contributed by atoms with Gasteiger partial charge in [0.15, 0.2) is 11.6 Å². The Labute approximate surface area is 136 Å². The van der Waals surface area contributed by atoms with Crippen LogP contribution in [0.2, 0.25) is 0 Å². The Morgan fingerprint density at radius 2 is 2.09 bits per heavy atom. The molecule has 2 N–H and O–H groups in total. The van der Waals surface area contributed by atoms with Gasteiger partial charge in [-0.2, -0.15) is 0 Å². The van der Waals surface area contributed by atoms with Crippen molar-refractivity contribution in [2.75, 3.05) is 26.2 Å². The van der Waals surface area contributed by atoms with Crippen molar-refractivity contribution in [3.63, 3.8) is 0 Å². The molecule has 6 heteroatoms. The van der Waals surface area contributed by atoms with Crippen LogP contribution in [-0.4, -0.2) is 32.1 Å². The van der Waals surface area contributed by atoms with Crippen LogP contribution in [0.4, 0.5) is 4.39 Å². The molecule has 1 heterocycles. The van der Waals surface area contributed by atoms with Crippen molar-refractivity contribution in [1.82, 2.24) is 10.6 Å². The summed E-state index contributed by atoms with van der Waals surface area (Å²) in [7, 11) is 0. The number of hydrogen-bond donors (Lipinski definition) is 2. The number of halogens is 2. The number of hydrogen-bond acceptors (Lipinski definition) is 3. The second kappa shape index (κ2) is 7.29. The second-order valence-corrected chi connectivity index (χ2v) is 5.94. The molecule has 1 atom stereocenters. The molecule has 1 saturated carbocycles. The lowest BCUT2D eigenvalue weighted by atomic mass is 9.92. The van der Waals surface area contributed by atoms with E-state index in [9.17, 15) is 9.18 Å². The first kappa shape index (κ1) is 17.0. The molecule has 22 heavy (non-hydrogen) atoms. The number of carbonyl (C=O) groups is 1. The average molecular weight is 329 g/mol. The Bertz CT molecular complexity index is 521. The summed E-state index contributed by atoms with van der Waals surface area (Å²) in [6.45, 7) is 2.73. The molecule has 1 unspecified atom stereocenters. The van der Waals surface area contributed by atoms with E-state index in [1.807, 2.05) is 0 Å². The highest BCUT2D eigenvalue weighted by Crippen LogP contribution is 2.58. The molecule has 2 fully saturated rings. The van der Waals surface area contributed by atoms with Gasteiger partial charge in [0, 0.05) is 5.92 Å². The van der Waals surface area contributed by atoms with Gasteiger partial charge in [0.2, 0.25) is 5.91 Å². The highest BCUT2D eigenvalue weighted by Gasteiger charge is 2.57. The smallest absolute Gasteiger partial charge is 0.223 e. The van der Waals surface area contributed by atoms with Crippen molar-refractivity contribution in [2.45, 2.75) is 19.3 Å².